The Morgan fingerprint density at radius 3 is 3.25 bits per heavy atom. The molecule has 0 saturated carbocycles. The van der Waals surface area contributed by atoms with E-state index in [4.69, 9.17) is 0 Å². The van der Waals surface area contributed by atoms with Crippen LogP contribution in [0.4, 0.5) is 5.69 Å². The second kappa shape index (κ2) is 5.68. The number of amides is 1. The fourth-order valence-electron chi connectivity index (χ4n) is 2.44. The van der Waals surface area contributed by atoms with Crippen molar-refractivity contribution in [2.75, 3.05) is 11.9 Å². The minimum Gasteiger partial charge on any atom is -0.321 e. The topological polar surface area (TPSA) is 66.9 Å². The van der Waals surface area contributed by atoms with Crippen LogP contribution < -0.4 is 10.6 Å². The third-order valence-corrected chi connectivity index (χ3v) is 4.25. The molecule has 3 rings (SSSR count). The minimum absolute atomic E-state index is 0.108. The van der Waals surface area contributed by atoms with Gasteiger partial charge in [0.2, 0.25) is 0 Å². The van der Waals surface area contributed by atoms with Crippen molar-refractivity contribution in [3.63, 3.8) is 0 Å². The molecule has 20 heavy (non-hydrogen) atoms. The molecule has 0 aliphatic carbocycles. The Morgan fingerprint density at radius 2 is 2.40 bits per heavy atom. The zero-order valence-corrected chi connectivity index (χ0v) is 12.1. The lowest BCUT2D eigenvalue weighted by Gasteiger charge is -2.20. The third kappa shape index (κ3) is 2.44. The number of carbonyl (C=O) groups excluding carboxylic acids is 1. The number of hydrogen-bond acceptors (Lipinski definition) is 5. The second-order valence-electron chi connectivity index (χ2n) is 4.73. The van der Waals surface area contributed by atoms with E-state index in [1.165, 1.54) is 11.1 Å². The van der Waals surface area contributed by atoms with Crippen molar-refractivity contribution in [3.8, 4) is 0 Å². The Kier molecular flexibility index (Phi) is 3.75. The van der Waals surface area contributed by atoms with Crippen LogP contribution in [0.15, 0.2) is 18.2 Å². The summed E-state index contributed by atoms with van der Waals surface area (Å²) < 4.78 is 3.86. The van der Waals surface area contributed by atoms with Crippen molar-refractivity contribution in [2.45, 2.75) is 26.3 Å². The molecule has 0 fully saturated rings. The SMILES string of the molecule is CCc1nnsc1C(=O)Nc1cccc2c1CCNC2. The Labute approximate surface area is 121 Å². The standard InChI is InChI=1S/C14H16N4OS/c1-2-11-13(20-18-17-11)14(19)16-12-5-3-4-9-8-15-7-6-10(9)12/h3-5,15H,2,6-8H2,1H3,(H,16,19). The first-order chi connectivity index (χ1) is 9.79. The Hall–Kier alpha value is -1.79. The van der Waals surface area contributed by atoms with E-state index < -0.39 is 0 Å². The first-order valence-corrected chi connectivity index (χ1v) is 7.51. The number of benzene rings is 1. The fourth-order valence-corrected chi connectivity index (χ4v) is 3.09. The highest BCUT2D eigenvalue weighted by Crippen LogP contribution is 2.24. The molecule has 0 radical (unpaired) electrons. The van der Waals surface area contributed by atoms with E-state index in [2.05, 4.69) is 26.3 Å². The van der Waals surface area contributed by atoms with Crippen LogP contribution in [0, 0.1) is 0 Å². The van der Waals surface area contributed by atoms with Gasteiger partial charge in [-0.15, -0.1) is 5.10 Å². The van der Waals surface area contributed by atoms with Crippen molar-refractivity contribution < 1.29 is 4.79 Å². The zero-order valence-electron chi connectivity index (χ0n) is 11.3. The van der Waals surface area contributed by atoms with Crippen LogP contribution in [-0.4, -0.2) is 22.0 Å². The summed E-state index contributed by atoms with van der Waals surface area (Å²) in [7, 11) is 0. The highest BCUT2D eigenvalue weighted by Gasteiger charge is 2.18. The molecule has 1 aromatic heterocycles. The lowest BCUT2D eigenvalue weighted by atomic mass is 9.99. The summed E-state index contributed by atoms with van der Waals surface area (Å²) in [6.07, 6.45) is 1.66. The van der Waals surface area contributed by atoms with Gasteiger partial charge >= 0.3 is 0 Å². The molecule has 1 amide bonds. The van der Waals surface area contributed by atoms with Gasteiger partial charge in [0.1, 0.15) is 4.88 Å². The van der Waals surface area contributed by atoms with E-state index in [-0.39, 0.29) is 5.91 Å². The van der Waals surface area contributed by atoms with Crippen molar-refractivity contribution in [3.05, 3.63) is 39.9 Å². The maximum Gasteiger partial charge on any atom is 0.269 e. The molecule has 0 spiro atoms. The molecule has 1 aromatic carbocycles. The molecule has 0 unspecified atom stereocenters. The minimum atomic E-state index is -0.108. The van der Waals surface area contributed by atoms with Crippen LogP contribution in [0.2, 0.25) is 0 Å². The van der Waals surface area contributed by atoms with Crippen LogP contribution in [0.25, 0.3) is 0 Å². The van der Waals surface area contributed by atoms with E-state index in [1.807, 2.05) is 19.1 Å². The number of nitrogens with one attached hydrogen (secondary N) is 2. The number of rotatable bonds is 3. The molecule has 1 aliphatic rings. The maximum absolute atomic E-state index is 12.3. The smallest absolute Gasteiger partial charge is 0.269 e. The van der Waals surface area contributed by atoms with Crippen molar-refractivity contribution in [1.29, 1.82) is 0 Å². The van der Waals surface area contributed by atoms with Gasteiger partial charge in [-0.1, -0.05) is 23.5 Å². The molecule has 0 saturated heterocycles. The molecule has 2 N–H and O–H groups in total. The summed E-state index contributed by atoms with van der Waals surface area (Å²) in [4.78, 5) is 13.0. The fraction of sp³-hybridized carbons (Fsp3) is 0.357. The van der Waals surface area contributed by atoms with Gasteiger partial charge in [0.25, 0.3) is 5.91 Å². The van der Waals surface area contributed by atoms with Crippen LogP contribution in [-0.2, 0) is 19.4 Å². The van der Waals surface area contributed by atoms with Crippen molar-refractivity contribution in [1.82, 2.24) is 14.9 Å². The van der Waals surface area contributed by atoms with Gasteiger partial charge in [0.05, 0.1) is 5.69 Å². The lowest BCUT2D eigenvalue weighted by Crippen LogP contribution is -2.25. The Balaban J connectivity index is 1.86. The average molecular weight is 288 g/mol. The highest BCUT2D eigenvalue weighted by molar-refractivity contribution is 7.08. The predicted molar refractivity (Wildman–Crippen MR) is 79.1 cm³/mol. The van der Waals surface area contributed by atoms with Gasteiger partial charge in [0.15, 0.2) is 0 Å². The molecule has 0 atom stereocenters. The summed E-state index contributed by atoms with van der Waals surface area (Å²) in [6.45, 7) is 3.78. The lowest BCUT2D eigenvalue weighted by molar-refractivity contribution is 0.102. The summed E-state index contributed by atoms with van der Waals surface area (Å²) in [5.41, 5.74) is 4.16. The zero-order chi connectivity index (χ0) is 13.9. The maximum atomic E-state index is 12.3. The predicted octanol–water partition coefficient (Wildman–Crippen LogP) is 2.00. The number of carbonyl (C=O) groups is 1. The molecule has 1 aliphatic heterocycles. The van der Waals surface area contributed by atoms with E-state index in [0.717, 1.165) is 48.8 Å². The third-order valence-electron chi connectivity index (χ3n) is 3.49. The number of fused-ring (bicyclic) bond motifs is 1. The van der Waals surface area contributed by atoms with Crippen LogP contribution in [0.1, 0.15) is 33.4 Å². The van der Waals surface area contributed by atoms with Crippen molar-refractivity contribution in [2.24, 2.45) is 0 Å². The molecule has 2 aromatic rings. The average Bonchev–Trinajstić information content (AvgIpc) is 2.96. The summed E-state index contributed by atoms with van der Waals surface area (Å²) in [6, 6.07) is 6.04. The van der Waals surface area contributed by atoms with Gasteiger partial charge in [-0.3, -0.25) is 4.79 Å². The Bertz CT molecular complexity index is 638. The van der Waals surface area contributed by atoms with Gasteiger partial charge in [-0.2, -0.15) is 0 Å². The molecular formula is C14H16N4OS. The summed E-state index contributed by atoms with van der Waals surface area (Å²) >= 11 is 1.15. The largest absolute Gasteiger partial charge is 0.321 e. The van der Waals surface area contributed by atoms with Gasteiger partial charge < -0.3 is 10.6 Å². The normalized spacial score (nSPS) is 13.8. The molecule has 5 nitrogen and oxygen atoms in total. The molecule has 2 heterocycles. The molecule has 0 bridgehead atoms. The van der Waals surface area contributed by atoms with Gasteiger partial charge in [0, 0.05) is 12.2 Å². The second-order valence-corrected chi connectivity index (χ2v) is 5.48. The highest BCUT2D eigenvalue weighted by atomic mass is 32.1. The number of aromatic nitrogens is 2. The van der Waals surface area contributed by atoms with Crippen LogP contribution >= 0.6 is 11.5 Å². The monoisotopic (exact) mass is 288 g/mol. The summed E-state index contributed by atoms with van der Waals surface area (Å²) in [5.74, 6) is -0.108. The number of hydrogen-bond donors (Lipinski definition) is 2. The first kappa shape index (κ1) is 13.2. The molecule has 104 valence electrons. The number of aryl methyl sites for hydroxylation is 1. The van der Waals surface area contributed by atoms with E-state index in [9.17, 15) is 4.79 Å². The van der Waals surface area contributed by atoms with Crippen LogP contribution in [0.3, 0.4) is 0 Å². The van der Waals surface area contributed by atoms with Crippen LogP contribution in [0.5, 0.6) is 0 Å². The quantitative estimate of drug-likeness (QED) is 0.906. The molecular weight excluding hydrogens is 272 g/mol. The first-order valence-electron chi connectivity index (χ1n) is 6.73. The van der Waals surface area contributed by atoms with E-state index in [1.54, 1.807) is 0 Å². The van der Waals surface area contributed by atoms with E-state index in [0.29, 0.717) is 4.88 Å². The summed E-state index contributed by atoms with van der Waals surface area (Å²) in [5, 5.41) is 10.3. The van der Waals surface area contributed by atoms with E-state index >= 15 is 0 Å². The number of nitrogens with zero attached hydrogens (tertiary/aromatic N) is 2. The number of anilines is 1. The van der Waals surface area contributed by atoms with Crippen molar-refractivity contribution >= 4 is 23.1 Å². The Morgan fingerprint density at radius 1 is 1.50 bits per heavy atom. The molecule has 6 heteroatoms. The van der Waals surface area contributed by atoms with Gasteiger partial charge in [-0.25, -0.2) is 0 Å². The van der Waals surface area contributed by atoms with Gasteiger partial charge in [-0.05, 0) is 48.1 Å².